The SMILES string of the molecule is CCCCCCCCCCCCCCCC(=O)OCC1(COC(=O)CCCCCCCCCCCCCCC)N=c2c(=C3C(=O)C(c4ccc5cccc6c5c4NC(COC(=O)CCCCCCCCCCCCCCC)(COC(=O)CCCCCCCCCCCCCCC)N6)C3O)ccc3cccc(c23)N1. The van der Waals surface area contributed by atoms with Gasteiger partial charge in [0.15, 0.2) is 17.1 Å². The third kappa shape index (κ3) is 31.6. The molecule has 14 heteroatoms. The number of rotatable bonds is 65. The second kappa shape index (κ2) is 53.0. The minimum absolute atomic E-state index is 0.178. The van der Waals surface area contributed by atoms with E-state index in [1.165, 1.54) is 231 Å². The van der Waals surface area contributed by atoms with Crippen LogP contribution < -0.4 is 26.5 Å². The van der Waals surface area contributed by atoms with Crippen LogP contribution in [0.4, 0.5) is 17.1 Å². The number of Topliss-reactive ketones (excluding diaryl/α,β-unsaturated/α-hetero) is 1. The Morgan fingerprint density at radius 1 is 0.361 bits per heavy atom. The number of esters is 4. The van der Waals surface area contributed by atoms with Crippen LogP contribution in [0.25, 0.3) is 27.1 Å². The third-order valence-corrected chi connectivity index (χ3v) is 23.2. The summed E-state index contributed by atoms with van der Waals surface area (Å²) in [5.74, 6) is -2.69. The predicted molar refractivity (Wildman–Crippen MR) is 447 cm³/mol. The van der Waals surface area contributed by atoms with Crippen molar-refractivity contribution >= 4 is 73.8 Å². The summed E-state index contributed by atoms with van der Waals surface area (Å²) in [6, 6.07) is 19.3. The lowest BCUT2D eigenvalue weighted by molar-refractivity contribution is -0.151. The van der Waals surface area contributed by atoms with Crippen LogP contribution in [-0.4, -0.2) is 78.6 Å². The zero-order chi connectivity index (χ0) is 76.5. The number of ether oxygens (including phenoxy) is 4. The van der Waals surface area contributed by atoms with Gasteiger partial charge in [0.05, 0.1) is 23.1 Å². The van der Waals surface area contributed by atoms with Crippen molar-refractivity contribution in [1.29, 1.82) is 0 Å². The smallest absolute Gasteiger partial charge is 0.305 e. The Hall–Kier alpha value is -6.02. The van der Waals surface area contributed by atoms with E-state index in [2.05, 4.69) is 43.6 Å². The Morgan fingerprint density at radius 3 is 1.01 bits per heavy atom. The van der Waals surface area contributed by atoms with Gasteiger partial charge >= 0.3 is 23.9 Å². The average Bonchev–Trinajstić information content (AvgIpc) is 0.712. The number of benzene rings is 4. The van der Waals surface area contributed by atoms with E-state index in [1.807, 2.05) is 60.7 Å². The fraction of sp³-hybridized carbons (Fsp3) is 0.723. The van der Waals surface area contributed by atoms with Crippen LogP contribution in [0.15, 0.2) is 65.7 Å². The van der Waals surface area contributed by atoms with E-state index in [1.54, 1.807) is 0 Å². The molecule has 2 heterocycles. The monoisotopic (exact) mass is 1490 g/mol. The zero-order valence-electron chi connectivity index (χ0n) is 68.4. The van der Waals surface area contributed by atoms with Gasteiger partial charge in [-0.2, -0.15) is 0 Å². The Labute approximate surface area is 653 Å². The van der Waals surface area contributed by atoms with Crippen molar-refractivity contribution in [3.63, 3.8) is 0 Å². The molecule has 2 unspecified atom stereocenters. The normalized spacial score (nSPS) is 15.8. The Morgan fingerprint density at radius 2 is 0.667 bits per heavy atom. The summed E-state index contributed by atoms with van der Waals surface area (Å²) in [5, 5.41) is 27.8. The Balaban J connectivity index is 1.06. The van der Waals surface area contributed by atoms with Crippen molar-refractivity contribution in [3.05, 3.63) is 76.8 Å². The molecule has 1 aliphatic carbocycles. The van der Waals surface area contributed by atoms with Gasteiger partial charge in [-0.05, 0) is 54.2 Å². The van der Waals surface area contributed by atoms with Crippen molar-refractivity contribution < 1.29 is 48.0 Å². The maximum absolute atomic E-state index is 15.5. The van der Waals surface area contributed by atoms with Crippen molar-refractivity contribution in [2.24, 2.45) is 4.99 Å². The molecule has 0 radical (unpaired) electrons. The number of ketones is 1. The molecule has 0 aromatic heterocycles. The molecule has 0 bridgehead atoms. The number of carbonyl (C=O) groups excluding carboxylic acids is 5. The molecule has 2 aliphatic heterocycles. The van der Waals surface area contributed by atoms with E-state index in [0.717, 1.165) is 111 Å². The van der Waals surface area contributed by atoms with Crippen molar-refractivity contribution in [3.8, 4) is 0 Å². The number of hydrogen-bond donors (Lipinski definition) is 4. The molecule has 4 aromatic carbocycles. The fourth-order valence-electron chi connectivity index (χ4n) is 16.5. The summed E-state index contributed by atoms with van der Waals surface area (Å²) < 4.78 is 24.7. The first-order valence-electron chi connectivity index (χ1n) is 44.9. The summed E-state index contributed by atoms with van der Waals surface area (Å²) >= 11 is 0. The standard InChI is InChI=1S/C94H148N4O10/c1-5-9-13-17-21-25-29-33-37-41-45-49-53-63-81(99)105-71-93(72-106-82(100)64-54-50-46-42-38-34-30-26-22-18-14-10-6-2)95-79-61-57-59-75-67-69-77(89(97-93)85(75)79)87-91(103)88(92(87)104)78-70-68-76-60-58-62-80-86(76)90(78)98-94(96-80,73-107-83(101)65-55-51-47-43-39-35-31-27-23-19-15-11-7-3)74-108-84(102)66-56-52-48-44-40-36-32-28-24-20-16-12-8-4/h57-62,67-70,87,91,95-97,103H,5-56,63-66,71-74H2,1-4H3. The van der Waals surface area contributed by atoms with E-state index < -0.39 is 23.3 Å². The molecule has 108 heavy (non-hydrogen) atoms. The van der Waals surface area contributed by atoms with Crippen molar-refractivity contribution in [2.45, 2.75) is 411 Å². The highest BCUT2D eigenvalue weighted by Crippen LogP contribution is 2.48. The second-order valence-electron chi connectivity index (χ2n) is 32.7. The van der Waals surface area contributed by atoms with E-state index >= 15 is 4.79 Å². The summed E-state index contributed by atoms with van der Waals surface area (Å²) in [6.07, 6.45) is 62.1. The predicted octanol–water partition coefficient (Wildman–Crippen LogP) is 24.2. The van der Waals surface area contributed by atoms with E-state index in [9.17, 15) is 24.3 Å². The molecule has 2 atom stereocenters. The maximum Gasteiger partial charge on any atom is 0.305 e. The van der Waals surface area contributed by atoms with Gasteiger partial charge in [0, 0.05) is 58.6 Å². The maximum atomic E-state index is 15.5. The topological polar surface area (TPSA) is 191 Å². The quantitative estimate of drug-likeness (QED) is 0.0186. The third-order valence-electron chi connectivity index (χ3n) is 23.2. The van der Waals surface area contributed by atoms with E-state index in [-0.39, 0.29) is 87.3 Å². The minimum atomic E-state index is -1.46. The molecule has 0 spiro atoms. The summed E-state index contributed by atoms with van der Waals surface area (Å²) in [6.45, 7) is 8.22. The number of aliphatic hydroxyl groups is 1. The molecule has 4 aromatic rings. The van der Waals surface area contributed by atoms with E-state index in [0.29, 0.717) is 46.0 Å². The summed E-state index contributed by atoms with van der Waals surface area (Å²) in [7, 11) is 0. The molecule has 14 nitrogen and oxygen atoms in total. The van der Waals surface area contributed by atoms with Gasteiger partial charge in [-0.15, -0.1) is 0 Å². The highest BCUT2D eigenvalue weighted by atomic mass is 16.6. The highest BCUT2D eigenvalue weighted by Gasteiger charge is 2.49. The molecular formula is C94H148N4O10. The van der Waals surface area contributed by atoms with Crippen LogP contribution in [0.1, 0.15) is 399 Å². The van der Waals surface area contributed by atoms with Crippen LogP contribution in [0.3, 0.4) is 0 Å². The van der Waals surface area contributed by atoms with Gasteiger partial charge in [-0.3, -0.25) is 24.0 Å². The minimum Gasteiger partial charge on any atom is -0.461 e. The van der Waals surface area contributed by atoms with Crippen LogP contribution in [0, 0.1) is 0 Å². The van der Waals surface area contributed by atoms with Gasteiger partial charge in [0.1, 0.15) is 26.4 Å². The number of carbonyl (C=O) groups is 5. The zero-order valence-corrected chi connectivity index (χ0v) is 68.4. The number of hydrogen-bond acceptors (Lipinski definition) is 14. The lowest BCUT2D eigenvalue weighted by atomic mass is 9.69. The number of nitrogens with zero attached hydrogens (tertiary/aromatic N) is 1. The summed E-state index contributed by atoms with van der Waals surface area (Å²) in [5.41, 5.74) is -0.0986. The van der Waals surface area contributed by atoms with Gasteiger partial charge in [-0.1, -0.05) is 384 Å². The van der Waals surface area contributed by atoms with Crippen molar-refractivity contribution in [1.82, 2.24) is 0 Å². The molecular weight excluding hydrogens is 1350 g/mol. The first kappa shape index (κ1) is 89.2. The molecule has 7 rings (SSSR count). The number of aliphatic hydroxyl groups excluding tert-OH is 1. The molecule has 1 saturated carbocycles. The number of nitrogens with one attached hydrogen (secondary N) is 3. The molecule has 3 aliphatic rings. The lowest BCUT2D eigenvalue weighted by Crippen LogP contribution is -2.57. The highest BCUT2D eigenvalue weighted by molar-refractivity contribution is 6.28. The first-order valence-corrected chi connectivity index (χ1v) is 44.9. The number of anilines is 3. The molecule has 0 amide bonds. The molecule has 604 valence electrons. The van der Waals surface area contributed by atoms with Crippen LogP contribution >= 0.6 is 0 Å². The molecule has 1 fully saturated rings. The van der Waals surface area contributed by atoms with Crippen LogP contribution in [0.5, 0.6) is 0 Å². The largest absolute Gasteiger partial charge is 0.461 e. The lowest BCUT2D eigenvalue weighted by Gasteiger charge is -2.43. The van der Waals surface area contributed by atoms with Gasteiger partial charge in [0.2, 0.25) is 0 Å². The van der Waals surface area contributed by atoms with Crippen molar-refractivity contribution in [2.75, 3.05) is 42.4 Å². The Kier molecular flexibility index (Phi) is 43.8. The fourth-order valence-corrected chi connectivity index (χ4v) is 16.5. The molecule has 4 N–H and O–H groups in total. The van der Waals surface area contributed by atoms with Gasteiger partial charge in [0.25, 0.3) is 0 Å². The number of unbranched alkanes of at least 4 members (excludes halogenated alkanes) is 48. The Bertz CT molecular complexity index is 3270. The van der Waals surface area contributed by atoms with Gasteiger partial charge < -0.3 is 40.0 Å². The summed E-state index contributed by atoms with van der Waals surface area (Å²) in [4.78, 5) is 76.0. The van der Waals surface area contributed by atoms with Gasteiger partial charge in [-0.25, -0.2) is 4.99 Å². The van der Waals surface area contributed by atoms with E-state index in [4.69, 9.17) is 23.9 Å². The van der Waals surface area contributed by atoms with Crippen LogP contribution in [0.2, 0.25) is 0 Å². The average molecular weight is 1490 g/mol. The second-order valence-corrected chi connectivity index (χ2v) is 32.7. The molecule has 0 saturated heterocycles. The van der Waals surface area contributed by atoms with Crippen LogP contribution in [-0.2, 0) is 42.9 Å². The first-order chi connectivity index (χ1) is 53.0.